The molecule has 0 spiro atoms. The number of aliphatic hydroxyl groups is 1. The van der Waals surface area contributed by atoms with Crippen LogP contribution < -0.4 is 5.32 Å². The van der Waals surface area contributed by atoms with E-state index in [0.29, 0.717) is 5.92 Å². The van der Waals surface area contributed by atoms with E-state index in [1.807, 2.05) is 10.7 Å². The third kappa shape index (κ3) is 2.30. The van der Waals surface area contributed by atoms with Crippen molar-refractivity contribution in [2.24, 2.45) is 5.41 Å². The molecule has 1 saturated carbocycles. The largest absolute Gasteiger partial charge is 0.396 e. The predicted molar refractivity (Wildman–Crippen MR) is 74.3 cm³/mol. The predicted octanol–water partition coefficient (Wildman–Crippen LogP) is 2.04. The molecule has 2 aromatic rings. The second-order valence-electron chi connectivity index (χ2n) is 5.84. The minimum Gasteiger partial charge on any atom is -0.396 e. The number of anilines is 1. The molecule has 0 saturated heterocycles. The van der Waals surface area contributed by atoms with Crippen molar-refractivity contribution in [3.8, 4) is 0 Å². The van der Waals surface area contributed by atoms with Gasteiger partial charge in [0.25, 0.3) is 0 Å². The number of rotatable bonds is 5. The lowest BCUT2D eigenvalue weighted by atomic mass is 10.1. The van der Waals surface area contributed by atoms with Gasteiger partial charge in [-0.05, 0) is 24.8 Å². The number of aliphatic hydroxyl groups excluding tert-OH is 1. The molecular weight excluding hydrogens is 240 g/mol. The number of aromatic nitrogens is 3. The molecule has 0 aliphatic heterocycles. The molecule has 0 amide bonds. The molecule has 0 bridgehead atoms. The number of hydrogen-bond donors (Lipinski definition) is 2. The molecule has 19 heavy (non-hydrogen) atoms. The molecule has 1 aliphatic carbocycles. The standard InChI is InChI=1S/C14H20N4O/c1-10(2)11-7-12-13(15-5-6-18(12)17-11)16-8-14(9-19)3-4-14/h5-7,10,19H,3-4,8-9H2,1-2H3,(H,15,16). The molecule has 2 aromatic heterocycles. The average Bonchev–Trinajstić information content (AvgIpc) is 3.05. The van der Waals surface area contributed by atoms with Crippen LogP contribution in [0.5, 0.6) is 0 Å². The van der Waals surface area contributed by atoms with E-state index in [4.69, 9.17) is 0 Å². The van der Waals surface area contributed by atoms with E-state index in [2.05, 4.69) is 35.3 Å². The Bertz CT molecular complexity index is 586. The summed E-state index contributed by atoms with van der Waals surface area (Å²) < 4.78 is 1.86. The zero-order chi connectivity index (χ0) is 13.5. The van der Waals surface area contributed by atoms with Gasteiger partial charge < -0.3 is 10.4 Å². The molecule has 0 atom stereocenters. The Morgan fingerprint density at radius 1 is 1.47 bits per heavy atom. The summed E-state index contributed by atoms with van der Waals surface area (Å²) in [6, 6.07) is 2.08. The van der Waals surface area contributed by atoms with Crippen LogP contribution in [0.2, 0.25) is 0 Å². The van der Waals surface area contributed by atoms with Crippen molar-refractivity contribution >= 4 is 11.3 Å². The molecule has 2 N–H and O–H groups in total. The van der Waals surface area contributed by atoms with Crippen LogP contribution in [0.25, 0.3) is 5.52 Å². The molecule has 3 rings (SSSR count). The highest BCUT2D eigenvalue weighted by atomic mass is 16.3. The van der Waals surface area contributed by atoms with Gasteiger partial charge >= 0.3 is 0 Å². The quantitative estimate of drug-likeness (QED) is 0.863. The van der Waals surface area contributed by atoms with Crippen molar-refractivity contribution in [1.82, 2.24) is 14.6 Å². The van der Waals surface area contributed by atoms with Gasteiger partial charge in [-0.15, -0.1) is 0 Å². The van der Waals surface area contributed by atoms with Crippen LogP contribution in [0.15, 0.2) is 18.5 Å². The van der Waals surface area contributed by atoms with Crippen LogP contribution in [0.1, 0.15) is 38.3 Å². The first-order valence-corrected chi connectivity index (χ1v) is 6.83. The number of nitrogens with zero attached hydrogens (tertiary/aromatic N) is 3. The first-order valence-electron chi connectivity index (χ1n) is 6.83. The van der Waals surface area contributed by atoms with Gasteiger partial charge in [0.1, 0.15) is 5.52 Å². The highest BCUT2D eigenvalue weighted by Gasteiger charge is 2.41. The third-order valence-electron chi connectivity index (χ3n) is 3.92. The SMILES string of the molecule is CC(C)c1cc2c(NCC3(CO)CC3)nccn2n1. The van der Waals surface area contributed by atoms with Gasteiger partial charge in [0, 0.05) is 24.4 Å². The minimum absolute atomic E-state index is 0.0788. The minimum atomic E-state index is 0.0788. The summed E-state index contributed by atoms with van der Waals surface area (Å²) in [7, 11) is 0. The van der Waals surface area contributed by atoms with Gasteiger partial charge in [-0.2, -0.15) is 5.10 Å². The van der Waals surface area contributed by atoms with Crippen LogP contribution >= 0.6 is 0 Å². The van der Waals surface area contributed by atoms with Gasteiger partial charge in [-0.3, -0.25) is 0 Å². The molecule has 0 radical (unpaired) electrons. The Labute approximate surface area is 112 Å². The van der Waals surface area contributed by atoms with Crippen molar-refractivity contribution < 1.29 is 5.11 Å². The third-order valence-corrected chi connectivity index (χ3v) is 3.92. The number of hydrogen-bond acceptors (Lipinski definition) is 4. The second kappa shape index (κ2) is 4.49. The maximum atomic E-state index is 9.35. The van der Waals surface area contributed by atoms with Crippen molar-refractivity contribution in [2.75, 3.05) is 18.5 Å². The van der Waals surface area contributed by atoms with Crippen LogP contribution in [0.4, 0.5) is 5.82 Å². The second-order valence-corrected chi connectivity index (χ2v) is 5.84. The fraction of sp³-hybridized carbons (Fsp3) is 0.571. The Morgan fingerprint density at radius 2 is 2.26 bits per heavy atom. The summed E-state index contributed by atoms with van der Waals surface area (Å²) in [5.74, 6) is 1.25. The number of fused-ring (bicyclic) bond motifs is 1. The summed E-state index contributed by atoms with van der Waals surface area (Å²) in [6.07, 6.45) is 5.81. The van der Waals surface area contributed by atoms with E-state index in [9.17, 15) is 5.11 Å². The van der Waals surface area contributed by atoms with E-state index < -0.39 is 0 Å². The summed E-state index contributed by atoms with van der Waals surface area (Å²) in [5.41, 5.74) is 2.15. The molecule has 1 fully saturated rings. The lowest BCUT2D eigenvalue weighted by molar-refractivity contribution is 0.219. The van der Waals surface area contributed by atoms with Crippen molar-refractivity contribution in [2.45, 2.75) is 32.6 Å². The van der Waals surface area contributed by atoms with E-state index >= 15 is 0 Å². The normalized spacial score (nSPS) is 17.1. The van der Waals surface area contributed by atoms with Gasteiger partial charge in [0.15, 0.2) is 5.82 Å². The molecule has 102 valence electrons. The summed E-state index contributed by atoms with van der Waals surface area (Å²) in [6.45, 7) is 5.29. The summed E-state index contributed by atoms with van der Waals surface area (Å²) >= 11 is 0. The van der Waals surface area contributed by atoms with E-state index in [1.165, 1.54) is 0 Å². The van der Waals surface area contributed by atoms with Crippen LogP contribution in [-0.4, -0.2) is 32.9 Å². The average molecular weight is 260 g/mol. The monoisotopic (exact) mass is 260 g/mol. The highest BCUT2D eigenvalue weighted by Crippen LogP contribution is 2.44. The van der Waals surface area contributed by atoms with Crippen LogP contribution in [0.3, 0.4) is 0 Å². The molecule has 1 aliphatic rings. The Kier molecular flexibility index (Phi) is 2.93. The first-order chi connectivity index (χ1) is 9.13. The van der Waals surface area contributed by atoms with E-state index in [1.54, 1.807) is 6.20 Å². The fourth-order valence-electron chi connectivity index (χ4n) is 2.20. The van der Waals surface area contributed by atoms with Crippen LogP contribution in [-0.2, 0) is 0 Å². The Hall–Kier alpha value is -1.62. The maximum Gasteiger partial charge on any atom is 0.152 e. The van der Waals surface area contributed by atoms with Gasteiger partial charge in [0.2, 0.25) is 0 Å². The zero-order valence-electron chi connectivity index (χ0n) is 11.4. The molecule has 5 nitrogen and oxygen atoms in total. The number of nitrogens with one attached hydrogen (secondary N) is 1. The lowest BCUT2D eigenvalue weighted by Gasteiger charge is -2.13. The van der Waals surface area contributed by atoms with E-state index in [0.717, 1.165) is 36.4 Å². The first kappa shape index (κ1) is 12.4. The highest BCUT2D eigenvalue weighted by molar-refractivity contribution is 5.68. The molecule has 5 heteroatoms. The fourth-order valence-corrected chi connectivity index (χ4v) is 2.20. The van der Waals surface area contributed by atoms with Crippen molar-refractivity contribution in [3.63, 3.8) is 0 Å². The Balaban J connectivity index is 1.86. The van der Waals surface area contributed by atoms with Gasteiger partial charge in [-0.25, -0.2) is 9.50 Å². The van der Waals surface area contributed by atoms with Gasteiger partial charge in [0.05, 0.1) is 12.3 Å². The lowest BCUT2D eigenvalue weighted by Crippen LogP contribution is -2.19. The molecule has 0 unspecified atom stereocenters. The summed E-state index contributed by atoms with van der Waals surface area (Å²) in [4.78, 5) is 4.39. The van der Waals surface area contributed by atoms with E-state index in [-0.39, 0.29) is 12.0 Å². The van der Waals surface area contributed by atoms with Crippen molar-refractivity contribution in [3.05, 3.63) is 24.2 Å². The maximum absolute atomic E-state index is 9.35. The zero-order valence-corrected chi connectivity index (χ0v) is 11.4. The van der Waals surface area contributed by atoms with Crippen molar-refractivity contribution in [1.29, 1.82) is 0 Å². The van der Waals surface area contributed by atoms with Crippen LogP contribution in [0, 0.1) is 5.41 Å². The Morgan fingerprint density at radius 3 is 2.89 bits per heavy atom. The molecular formula is C14H20N4O. The topological polar surface area (TPSA) is 62.5 Å². The summed E-state index contributed by atoms with van der Waals surface area (Å²) in [5, 5.41) is 17.2. The molecule has 0 aromatic carbocycles. The smallest absolute Gasteiger partial charge is 0.152 e. The van der Waals surface area contributed by atoms with Gasteiger partial charge in [-0.1, -0.05) is 13.8 Å². The molecule has 2 heterocycles.